The molecule has 1 amide bonds. The van der Waals surface area contributed by atoms with Crippen molar-refractivity contribution in [2.75, 3.05) is 21.3 Å². The van der Waals surface area contributed by atoms with Gasteiger partial charge in [0.25, 0.3) is 11.7 Å². The minimum atomic E-state index is -0.709. The van der Waals surface area contributed by atoms with Crippen molar-refractivity contribution in [1.82, 2.24) is 4.90 Å². The van der Waals surface area contributed by atoms with Gasteiger partial charge in [0.1, 0.15) is 5.76 Å². The molecule has 2 aromatic carbocycles. The molecule has 6 heteroatoms. The molecule has 0 unspecified atom stereocenters. The Bertz CT molecular complexity index is 946. The van der Waals surface area contributed by atoms with Crippen LogP contribution >= 0.6 is 0 Å². The van der Waals surface area contributed by atoms with Crippen LogP contribution < -0.4 is 9.47 Å². The fourth-order valence-electron chi connectivity index (χ4n) is 3.41. The number of carbonyl (C=O) groups is 2. The Morgan fingerprint density at radius 3 is 2.25 bits per heavy atom. The highest BCUT2D eigenvalue weighted by molar-refractivity contribution is 6.46. The predicted molar refractivity (Wildman–Crippen MR) is 105 cm³/mol. The predicted octanol–water partition coefficient (Wildman–Crippen LogP) is 3.32. The quantitative estimate of drug-likeness (QED) is 0.488. The Morgan fingerprint density at radius 1 is 1.04 bits per heavy atom. The Labute approximate surface area is 164 Å². The molecule has 0 spiro atoms. The van der Waals surface area contributed by atoms with Crippen molar-refractivity contribution in [2.45, 2.75) is 19.4 Å². The van der Waals surface area contributed by atoms with Gasteiger partial charge in [-0.1, -0.05) is 31.2 Å². The molecule has 0 aliphatic carbocycles. The second-order valence-corrected chi connectivity index (χ2v) is 6.57. The molecule has 1 heterocycles. The van der Waals surface area contributed by atoms with Crippen LogP contribution in [0.15, 0.2) is 48.0 Å². The van der Waals surface area contributed by atoms with Crippen molar-refractivity contribution in [3.8, 4) is 11.5 Å². The van der Waals surface area contributed by atoms with Crippen molar-refractivity contribution >= 4 is 17.4 Å². The highest BCUT2D eigenvalue weighted by Crippen LogP contribution is 2.39. The number of hydrogen-bond acceptors (Lipinski definition) is 5. The summed E-state index contributed by atoms with van der Waals surface area (Å²) in [4.78, 5) is 26.4. The summed E-state index contributed by atoms with van der Waals surface area (Å²) in [5.74, 6) is -0.679. The molecule has 1 aliphatic rings. The third kappa shape index (κ3) is 3.22. The summed E-state index contributed by atoms with van der Waals surface area (Å²) < 4.78 is 10.5. The number of nitrogens with zero attached hydrogens (tertiary/aromatic N) is 1. The van der Waals surface area contributed by atoms with Crippen molar-refractivity contribution in [1.29, 1.82) is 0 Å². The molecule has 0 radical (unpaired) electrons. The molecule has 1 aliphatic heterocycles. The van der Waals surface area contributed by atoms with Gasteiger partial charge in [-0.25, -0.2) is 0 Å². The first kappa shape index (κ1) is 19.5. The third-order valence-corrected chi connectivity index (χ3v) is 5.04. The van der Waals surface area contributed by atoms with E-state index < -0.39 is 17.7 Å². The SMILES string of the molecule is CCc1ccc([C@@H]2C(=C(O)c3ccc(OC)c(OC)c3)C(=O)C(=O)N2C)cc1. The summed E-state index contributed by atoms with van der Waals surface area (Å²) >= 11 is 0. The first-order valence-electron chi connectivity index (χ1n) is 8.98. The van der Waals surface area contributed by atoms with Crippen LogP contribution in [0.1, 0.15) is 29.7 Å². The van der Waals surface area contributed by atoms with Crippen LogP contribution in [0.4, 0.5) is 0 Å². The van der Waals surface area contributed by atoms with Gasteiger partial charge in [-0.2, -0.15) is 0 Å². The number of amides is 1. The van der Waals surface area contributed by atoms with Crippen LogP contribution in [0.2, 0.25) is 0 Å². The summed E-state index contributed by atoms with van der Waals surface area (Å²) in [5.41, 5.74) is 2.35. The number of likely N-dealkylation sites (tertiary alicyclic amines) is 1. The van der Waals surface area contributed by atoms with Gasteiger partial charge in [0, 0.05) is 12.6 Å². The molecule has 146 valence electrons. The zero-order valence-corrected chi connectivity index (χ0v) is 16.4. The van der Waals surface area contributed by atoms with E-state index in [-0.39, 0.29) is 11.3 Å². The van der Waals surface area contributed by atoms with E-state index in [1.165, 1.54) is 19.1 Å². The number of ketones is 1. The van der Waals surface area contributed by atoms with Crippen LogP contribution in [0.5, 0.6) is 11.5 Å². The summed E-state index contributed by atoms with van der Waals surface area (Å²) in [6.45, 7) is 2.05. The molecule has 0 bridgehead atoms. The van der Waals surface area contributed by atoms with Crippen molar-refractivity contribution in [3.05, 3.63) is 64.7 Å². The lowest BCUT2D eigenvalue weighted by molar-refractivity contribution is -0.139. The number of Topliss-reactive ketones (excluding diaryl/α,β-unsaturated/α-hetero) is 1. The average molecular weight is 381 g/mol. The van der Waals surface area contributed by atoms with Crippen LogP contribution in [0.3, 0.4) is 0 Å². The lowest BCUT2D eigenvalue weighted by Crippen LogP contribution is -2.24. The van der Waals surface area contributed by atoms with Gasteiger partial charge in [0.2, 0.25) is 0 Å². The van der Waals surface area contributed by atoms with Gasteiger partial charge in [0.05, 0.1) is 25.8 Å². The summed E-state index contributed by atoms with van der Waals surface area (Å²) in [6.07, 6.45) is 0.887. The average Bonchev–Trinajstić information content (AvgIpc) is 2.96. The number of ether oxygens (including phenoxy) is 2. The van der Waals surface area contributed by atoms with E-state index in [2.05, 4.69) is 6.92 Å². The maximum Gasteiger partial charge on any atom is 0.295 e. The summed E-state index contributed by atoms with van der Waals surface area (Å²) in [6, 6.07) is 11.9. The van der Waals surface area contributed by atoms with Gasteiger partial charge in [0.15, 0.2) is 11.5 Å². The normalized spacial score (nSPS) is 18.4. The topological polar surface area (TPSA) is 76.1 Å². The second-order valence-electron chi connectivity index (χ2n) is 6.57. The summed E-state index contributed by atoms with van der Waals surface area (Å²) in [7, 11) is 4.56. The lowest BCUT2D eigenvalue weighted by atomic mass is 9.94. The maximum absolute atomic E-state index is 12.6. The van der Waals surface area contributed by atoms with E-state index in [0.717, 1.165) is 17.5 Å². The van der Waals surface area contributed by atoms with Gasteiger partial charge >= 0.3 is 0 Å². The number of aryl methyl sites for hydroxylation is 1. The Balaban J connectivity index is 2.14. The number of rotatable bonds is 5. The number of carbonyl (C=O) groups excluding carboxylic acids is 2. The molecule has 1 fully saturated rings. The van der Waals surface area contributed by atoms with Crippen molar-refractivity contribution in [2.24, 2.45) is 0 Å². The van der Waals surface area contributed by atoms with Gasteiger partial charge in [-0.3, -0.25) is 9.59 Å². The molecule has 6 nitrogen and oxygen atoms in total. The maximum atomic E-state index is 12.6. The zero-order valence-electron chi connectivity index (χ0n) is 16.4. The van der Waals surface area contributed by atoms with E-state index in [1.54, 1.807) is 25.2 Å². The van der Waals surface area contributed by atoms with Gasteiger partial charge < -0.3 is 19.5 Å². The monoisotopic (exact) mass is 381 g/mol. The van der Waals surface area contributed by atoms with E-state index in [1.807, 2.05) is 24.3 Å². The zero-order chi connectivity index (χ0) is 20.4. The molecule has 0 saturated carbocycles. The number of aliphatic hydroxyl groups excluding tert-OH is 1. The second kappa shape index (κ2) is 7.76. The largest absolute Gasteiger partial charge is 0.507 e. The van der Waals surface area contributed by atoms with E-state index in [9.17, 15) is 14.7 Å². The lowest BCUT2D eigenvalue weighted by Gasteiger charge is -2.21. The van der Waals surface area contributed by atoms with Gasteiger partial charge in [-0.15, -0.1) is 0 Å². The van der Waals surface area contributed by atoms with E-state index in [0.29, 0.717) is 17.1 Å². The molecular weight excluding hydrogens is 358 g/mol. The molecule has 1 N–H and O–H groups in total. The first-order valence-corrected chi connectivity index (χ1v) is 8.98. The molecular formula is C22H23NO5. The fourth-order valence-corrected chi connectivity index (χ4v) is 3.41. The Hall–Kier alpha value is -3.28. The first-order chi connectivity index (χ1) is 13.4. The number of benzene rings is 2. The van der Waals surface area contributed by atoms with Crippen molar-refractivity contribution < 1.29 is 24.2 Å². The molecule has 0 aromatic heterocycles. The van der Waals surface area contributed by atoms with E-state index >= 15 is 0 Å². The highest BCUT2D eigenvalue weighted by atomic mass is 16.5. The Kier molecular flexibility index (Phi) is 5.40. The summed E-state index contributed by atoms with van der Waals surface area (Å²) in [5, 5.41) is 10.9. The number of aliphatic hydroxyl groups is 1. The third-order valence-electron chi connectivity index (χ3n) is 5.04. The van der Waals surface area contributed by atoms with Crippen molar-refractivity contribution in [3.63, 3.8) is 0 Å². The Morgan fingerprint density at radius 2 is 1.68 bits per heavy atom. The van der Waals surface area contributed by atoms with E-state index in [4.69, 9.17) is 9.47 Å². The molecule has 1 saturated heterocycles. The van der Waals surface area contributed by atoms with Crippen LogP contribution in [-0.4, -0.2) is 43.0 Å². The molecule has 2 aromatic rings. The van der Waals surface area contributed by atoms with Gasteiger partial charge in [-0.05, 0) is 35.7 Å². The smallest absolute Gasteiger partial charge is 0.295 e. The number of methoxy groups -OCH3 is 2. The number of hydrogen-bond donors (Lipinski definition) is 1. The number of likely N-dealkylation sites (N-methyl/N-ethyl adjacent to an activating group) is 1. The minimum absolute atomic E-state index is 0.0592. The molecule has 3 rings (SSSR count). The van der Waals surface area contributed by atoms with Crippen LogP contribution in [0.25, 0.3) is 5.76 Å². The van der Waals surface area contributed by atoms with Crippen LogP contribution in [0, 0.1) is 0 Å². The minimum Gasteiger partial charge on any atom is -0.507 e. The van der Waals surface area contributed by atoms with Crippen LogP contribution in [-0.2, 0) is 16.0 Å². The highest BCUT2D eigenvalue weighted by Gasteiger charge is 2.44. The molecule has 1 atom stereocenters. The fraction of sp³-hybridized carbons (Fsp3) is 0.273. The standard InChI is InChI=1S/C22H23NO5/c1-5-13-6-8-14(9-7-13)19-18(21(25)22(26)23(19)2)20(24)15-10-11-16(27-3)17(12-15)28-4/h6-12,19,24H,5H2,1-4H3/t19-/m1/s1. The molecule has 28 heavy (non-hydrogen) atoms.